The van der Waals surface area contributed by atoms with Crippen molar-refractivity contribution in [1.29, 1.82) is 0 Å². The fourth-order valence-electron chi connectivity index (χ4n) is 5.23. The molecule has 1 N–H and O–H groups in total. The lowest BCUT2D eigenvalue weighted by molar-refractivity contribution is -0.176. The minimum Gasteiger partial charge on any atom is -0.357 e. The van der Waals surface area contributed by atoms with Crippen molar-refractivity contribution in [1.82, 2.24) is 14.8 Å². The van der Waals surface area contributed by atoms with E-state index in [1.54, 1.807) is 38.4 Å². The summed E-state index contributed by atoms with van der Waals surface area (Å²) in [4.78, 5) is 34.5. The summed E-state index contributed by atoms with van der Waals surface area (Å²) in [5, 5.41) is 10.5. The number of benzene rings is 1. The maximum Gasteiger partial charge on any atom is 0.312 e. The van der Waals surface area contributed by atoms with Gasteiger partial charge in [-0.2, -0.15) is 4.39 Å². The van der Waals surface area contributed by atoms with Crippen LogP contribution in [-0.2, 0) is 10.6 Å². The number of hydrogen-bond acceptors (Lipinski definition) is 5. The van der Waals surface area contributed by atoms with Crippen LogP contribution in [0.25, 0.3) is 0 Å². The monoisotopic (exact) mass is 516 g/mol. The molecule has 2 aromatic rings. The van der Waals surface area contributed by atoms with Crippen LogP contribution in [-0.4, -0.2) is 72.0 Å². The third-order valence-electron chi connectivity index (χ3n) is 7.42. The van der Waals surface area contributed by atoms with Crippen LogP contribution in [0.2, 0.25) is 5.15 Å². The molecule has 1 aromatic carbocycles. The number of rotatable bonds is 6. The summed E-state index contributed by atoms with van der Waals surface area (Å²) < 4.78 is 14.9. The van der Waals surface area contributed by atoms with Crippen LogP contribution in [0.5, 0.6) is 0 Å². The van der Waals surface area contributed by atoms with Crippen LogP contribution in [0.4, 0.5) is 10.2 Å². The highest BCUT2D eigenvalue weighted by molar-refractivity contribution is 6.32. The Morgan fingerprint density at radius 3 is 2.17 bits per heavy atom. The Hall–Kier alpha value is -2.71. The summed E-state index contributed by atoms with van der Waals surface area (Å²) in [7, 11) is 3.37. The number of piperidine rings is 2. The van der Waals surface area contributed by atoms with E-state index >= 15 is 0 Å². The zero-order chi connectivity index (χ0) is 25.9. The number of aliphatic hydroxyl groups is 1. The largest absolute Gasteiger partial charge is 0.357 e. The van der Waals surface area contributed by atoms with Crippen LogP contribution in [0.3, 0.4) is 0 Å². The maximum absolute atomic E-state index is 14.9. The van der Waals surface area contributed by atoms with Crippen molar-refractivity contribution in [3.8, 4) is 0 Å². The number of nitrogens with zero attached hydrogens (tertiary/aromatic N) is 4. The van der Waals surface area contributed by atoms with Crippen LogP contribution in [0, 0.1) is 11.8 Å². The van der Waals surface area contributed by atoms with E-state index in [1.807, 2.05) is 6.07 Å². The van der Waals surface area contributed by atoms with E-state index in [0.717, 1.165) is 51.0 Å². The quantitative estimate of drug-likeness (QED) is 0.585. The Morgan fingerprint density at radius 2 is 1.61 bits per heavy atom. The van der Waals surface area contributed by atoms with Gasteiger partial charge in [-0.15, -0.1) is 0 Å². The number of hydrogen-bond donors (Lipinski definition) is 1. The van der Waals surface area contributed by atoms with Gasteiger partial charge in [-0.05, 0) is 56.1 Å². The Balaban J connectivity index is 1.24. The zero-order valence-electron chi connectivity index (χ0n) is 20.9. The van der Waals surface area contributed by atoms with Crippen LogP contribution >= 0.6 is 11.6 Å². The number of pyridine rings is 1. The molecule has 2 saturated heterocycles. The van der Waals surface area contributed by atoms with Crippen LogP contribution in [0.1, 0.15) is 48.0 Å². The van der Waals surface area contributed by atoms with Crippen LogP contribution in [0.15, 0.2) is 42.5 Å². The molecule has 1 atom stereocenters. The molecule has 194 valence electrons. The second-order valence-electron chi connectivity index (χ2n) is 10.1. The Labute approximate surface area is 216 Å². The molecule has 0 aliphatic carbocycles. The van der Waals surface area contributed by atoms with E-state index in [1.165, 1.54) is 21.9 Å². The van der Waals surface area contributed by atoms with Gasteiger partial charge in [0.1, 0.15) is 11.0 Å². The lowest BCUT2D eigenvalue weighted by atomic mass is 9.82. The number of aromatic nitrogens is 1. The lowest BCUT2D eigenvalue weighted by Crippen LogP contribution is -2.48. The molecule has 0 spiro atoms. The smallest absolute Gasteiger partial charge is 0.312 e. The van der Waals surface area contributed by atoms with E-state index in [2.05, 4.69) is 9.88 Å². The minimum absolute atomic E-state index is 0.0291. The summed E-state index contributed by atoms with van der Waals surface area (Å²) in [5.74, 6) is -2.17. The molecular weight excluding hydrogens is 483 g/mol. The van der Waals surface area contributed by atoms with E-state index in [-0.39, 0.29) is 16.6 Å². The fourth-order valence-corrected chi connectivity index (χ4v) is 5.46. The highest BCUT2D eigenvalue weighted by atomic mass is 35.5. The van der Waals surface area contributed by atoms with Crippen molar-refractivity contribution in [2.75, 3.05) is 45.2 Å². The van der Waals surface area contributed by atoms with Gasteiger partial charge >= 0.3 is 5.85 Å². The third-order valence-corrected chi connectivity index (χ3v) is 7.71. The van der Waals surface area contributed by atoms with Gasteiger partial charge in [-0.3, -0.25) is 9.59 Å². The van der Waals surface area contributed by atoms with Gasteiger partial charge in [-0.25, -0.2) is 4.98 Å². The van der Waals surface area contributed by atoms with E-state index < -0.39 is 11.8 Å². The van der Waals surface area contributed by atoms with E-state index in [9.17, 15) is 19.1 Å². The average molecular weight is 517 g/mol. The highest BCUT2D eigenvalue weighted by Crippen LogP contribution is 2.33. The maximum atomic E-state index is 14.9. The first-order valence-corrected chi connectivity index (χ1v) is 12.9. The molecule has 2 amide bonds. The second kappa shape index (κ2) is 11.1. The number of carbonyl (C=O) groups excluding carboxylic acids is 2. The SMILES string of the molecule is CN(C)C(=O)c1ccc(N2CCC(CC3CCN(C(=O)[C@](O)(F)c4ccccc4)CC3)CC2)nc1Cl. The molecule has 36 heavy (non-hydrogen) atoms. The fraction of sp³-hybridized carbons (Fsp3) is 0.519. The summed E-state index contributed by atoms with van der Waals surface area (Å²) >= 11 is 6.29. The molecule has 0 radical (unpaired) electrons. The number of alkyl halides is 1. The van der Waals surface area contributed by atoms with Crippen molar-refractivity contribution in [3.63, 3.8) is 0 Å². The highest BCUT2D eigenvalue weighted by Gasteiger charge is 2.42. The van der Waals surface area contributed by atoms with E-state index in [4.69, 9.17) is 11.6 Å². The molecule has 4 rings (SSSR count). The molecule has 0 saturated carbocycles. The third kappa shape index (κ3) is 5.81. The zero-order valence-corrected chi connectivity index (χ0v) is 21.6. The summed E-state index contributed by atoms with van der Waals surface area (Å²) in [6.07, 6.45) is 4.79. The molecular formula is C27H34ClFN4O3. The summed E-state index contributed by atoms with van der Waals surface area (Å²) in [6, 6.07) is 11.4. The van der Waals surface area contributed by atoms with E-state index in [0.29, 0.717) is 30.5 Å². The number of halogens is 2. The predicted octanol–water partition coefficient (Wildman–Crippen LogP) is 4.10. The first kappa shape index (κ1) is 26.4. The van der Waals surface area contributed by atoms with Crippen molar-refractivity contribution in [3.05, 3.63) is 58.7 Å². The molecule has 7 nitrogen and oxygen atoms in total. The molecule has 1 aromatic heterocycles. The van der Waals surface area contributed by atoms with Crippen molar-refractivity contribution in [2.24, 2.45) is 11.8 Å². The summed E-state index contributed by atoms with van der Waals surface area (Å²) in [6.45, 7) is 2.67. The first-order chi connectivity index (χ1) is 17.2. The lowest BCUT2D eigenvalue weighted by Gasteiger charge is -2.38. The van der Waals surface area contributed by atoms with Gasteiger partial charge in [0, 0.05) is 45.8 Å². The topological polar surface area (TPSA) is 77.0 Å². The number of amides is 2. The van der Waals surface area contributed by atoms with Crippen molar-refractivity contribution in [2.45, 2.75) is 38.0 Å². The number of carbonyl (C=O) groups is 2. The Kier molecular flexibility index (Phi) is 8.15. The van der Waals surface area contributed by atoms with Crippen LogP contribution < -0.4 is 4.90 Å². The number of likely N-dealkylation sites (tertiary alicyclic amines) is 1. The van der Waals surface area contributed by atoms with Gasteiger partial charge < -0.3 is 19.8 Å². The molecule has 9 heteroatoms. The molecule has 0 unspecified atom stereocenters. The van der Waals surface area contributed by atoms with Crippen molar-refractivity contribution >= 4 is 29.2 Å². The normalized spacial score (nSPS) is 19.1. The standard InChI is InChI=1S/C27H34ClFN4O3/c1-31(2)25(34)22-8-9-23(30-24(22)28)32-14-10-19(11-15-32)18-20-12-16-33(17-13-20)26(35)27(29,36)21-6-4-3-5-7-21/h3-9,19-20,36H,10-18H2,1-2H3/t27-/m0/s1. The second-order valence-corrected chi connectivity index (χ2v) is 10.5. The van der Waals surface area contributed by atoms with Gasteiger partial charge in [0.2, 0.25) is 0 Å². The van der Waals surface area contributed by atoms with Crippen molar-refractivity contribution < 1.29 is 19.1 Å². The summed E-state index contributed by atoms with van der Waals surface area (Å²) in [5.41, 5.74) is 0.374. The Bertz CT molecular complexity index is 1070. The molecule has 2 fully saturated rings. The Morgan fingerprint density at radius 1 is 1.03 bits per heavy atom. The molecule has 2 aliphatic rings. The van der Waals surface area contributed by atoms with Gasteiger partial charge in [0.25, 0.3) is 11.8 Å². The van der Waals surface area contributed by atoms with Gasteiger partial charge in [0.15, 0.2) is 0 Å². The number of anilines is 1. The predicted molar refractivity (Wildman–Crippen MR) is 138 cm³/mol. The average Bonchev–Trinajstić information content (AvgIpc) is 2.89. The van der Waals surface area contributed by atoms with Gasteiger partial charge in [-0.1, -0.05) is 41.9 Å². The first-order valence-electron chi connectivity index (χ1n) is 12.6. The molecule has 2 aliphatic heterocycles. The minimum atomic E-state index is -2.99. The molecule has 0 bridgehead atoms. The van der Waals surface area contributed by atoms with Gasteiger partial charge in [0.05, 0.1) is 5.56 Å². The molecule has 3 heterocycles.